The Morgan fingerprint density at radius 2 is 2.27 bits per heavy atom. The van der Waals surface area contributed by atoms with Gasteiger partial charge in [-0.2, -0.15) is 11.8 Å². The third-order valence-corrected chi connectivity index (χ3v) is 3.67. The van der Waals surface area contributed by atoms with E-state index in [-0.39, 0.29) is 0 Å². The SMILES string of the molecule is CCSCCCC(Cl)C1CC1. The van der Waals surface area contributed by atoms with Gasteiger partial charge in [-0.3, -0.25) is 0 Å². The van der Waals surface area contributed by atoms with Crippen LogP contribution in [0.15, 0.2) is 0 Å². The zero-order chi connectivity index (χ0) is 8.10. The highest BCUT2D eigenvalue weighted by Gasteiger charge is 2.28. The van der Waals surface area contributed by atoms with Crippen molar-refractivity contribution in [2.24, 2.45) is 5.92 Å². The number of rotatable bonds is 6. The van der Waals surface area contributed by atoms with E-state index in [0.717, 1.165) is 5.92 Å². The molecule has 0 aromatic heterocycles. The topological polar surface area (TPSA) is 0 Å². The van der Waals surface area contributed by atoms with Crippen LogP contribution >= 0.6 is 23.4 Å². The van der Waals surface area contributed by atoms with Crippen molar-refractivity contribution in [3.05, 3.63) is 0 Å². The van der Waals surface area contributed by atoms with Crippen LogP contribution < -0.4 is 0 Å². The van der Waals surface area contributed by atoms with Gasteiger partial charge in [0.1, 0.15) is 0 Å². The summed E-state index contributed by atoms with van der Waals surface area (Å²) in [4.78, 5) is 0. The van der Waals surface area contributed by atoms with Crippen LogP contribution in [0.5, 0.6) is 0 Å². The molecule has 0 amide bonds. The number of thioether (sulfide) groups is 1. The first kappa shape index (κ1) is 9.73. The smallest absolute Gasteiger partial charge is 0.0364 e. The molecule has 66 valence electrons. The highest BCUT2D eigenvalue weighted by atomic mass is 35.5. The van der Waals surface area contributed by atoms with Gasteiger partial charge in [0.2, 0.25) is 0 Å². The fourth-order valence-corrected chi connectivity index (χ4v) is 2.28. The fourth-order valence-electron chi connectivity index (χ4n) is 1.22. The van der Waals surface area contributed by atoms with Crippen LogP contribution in [0.25, 0.3) is 0 Å². The second-order valence-electron chi connectivity index (χ2n) is 3.19. The minimum Gasteiger partial charge on any atom is -0.162 e. The Balaban J connectivity index is 1.85. The molecule has 0 N–H and O–H groups in total. The van der Waals surface area contributed by atoms with E-state index in [9.17, 15) is 0 Å². The molecular formula is C9H17ClS. The van der Waals surface area contributed by atoms with Gasteiger partial charge in [0, 0.05) is 5.38 Å². The highest BCUT2D eigenvalue weighted by Crippen LogP contribution is 2.37. The van der Waals surface area contributed by atoms with E-state index in [1.807, 2.05) is 11.8 Å². The zero-order valence-corrected chi connectivity index (χ0v) is 8.76. The van der Waals surface area contributed by atoms with Gasteiger partial charge in [-0.25, -0.2) is 0 Å². The zero-order valence-electron chi connectivity index (χ0n) is 7.18. The lowest BCUT2D eigenvalue weighted by atomic mass is 10.2. The van der Waals surface area contributed by atoms with Crippen molar-refractivity contribution in [1.82, 2.24) is 0 Å². The number of halogens is 1. The van der Waals surface area contributed by atoms with Crippen LogP contribution in [0.1, 0.15) is 32.6 Å². The molecule has 1 rings (SSSR count). The van der Waals surface area contributed by atoms with Gasteiger partial charge in [0.05, 0.1) is 0 Å². The van der Waals surface area contributed by atoms with Crippen LogP contribution in [0.3, 0.4) is 0 Å². The molecule has 0 heterocycles. The van der Waals surface area contributed by atoms with Gasteiger partial charge in [-0.05, 0) is 43.1 Å². The average Bonchev–Trinajstić information content (AvgIpc) is 2.79. The summed E-state index contributed by atoms with van der Waals surface area (Å²) in [7, 11) is 0. The molecule has 2 heteroatoms. The summed E-state index contributed by atoms with van der Waals surface area (Å²) in [6, 6.07) is 0. The van der Waals surface area contributed by atoms with Crippen molar-refractivity contribution in [2.45, 2.75) is 38.0 Å². The normalized spacial score (nSPS) is 20.2. The van der Waals surface area contributed by atoms with E-state index in [1.165, 1.54) is 37.2 Å². The summed E-state index contributed by atoms with van der Waals surface area (Å²) in [5.74, 6) is 3.42. The van der Waals surface area contributed by atoms with Gasteiger partial charge in [0.25, 0.3) is 0 Å². The van der Waals surface area contributed by atoms with Gasteiger partial charge < -0.3 is 0 Å². The standard InChI is InChI=1S/C9H17ClS/c1-2-11-7-3-4-9(10)8-5-6-8/h8-9H,2-7H2,1H3. The molecule has 1 saturated carbocycles. The van der Waals surface area contributed by atoms with Crippen LogP contribution in [0.4, 0.5) is 0 Å². The summed E-state index contributed by atoms with van der Waals surface area (Å²) in [5, 5.41) is 0.493. The van der Waals surface area contributed by atoms with Crippen LogP contribution in [-0.4, -0.2) is 16.9 Å². The van der Waals surface area contributed by atoms with Crippen molar-refractivity contribution in [3.63, 3.8) is 0 Å². The maximum atomic E-state index is 6.15. The summed E-state index contributed by atoms with van der Waals surface area (Å²) in [6.45, 7) is 2.21. The van der Waals surface area contributed by atoms with E-state index in [2.05, 4.69) is 6.92 Å². The Kier molecular flexibility index (Phi) is 4.70. The molecule has 1 fully saturated rings. The van der Waals surface area contributed by atoms with E-state index < -0.39 is 0 Å². The monoisotopic (exact) mass is 192 g/mol. The van der Waals surface area contributed by atoms with Crippen LogP contribution in [-0.2, 0) is 0 Å². The first-order chi connectivity index (χ1) is 5.34. The minimum absolute atomic E-state index is 0.493. The van der Waals surface area contributed by atoms with Gasteiger partial charge in [-0.1, -0.05) is 6.92 Å². The molecular weight excluding hydrogens is 176 g/mol. The van der Waals surface area contributed by atoms with Gasteiger partial charge >= 0.3 is 0 Å². The lowest BCUT2D eigenvalue weighted by Crippen LogP contribution is -2.01. The van der Waals surface area contributed by atoms with Crippen molar-refractivity contribution < 1.29 is 0 Å². The van der Waals surface area contributed by atoms with Crippen LogP contribution in [0.2, 0.25) is 0 Å². The van der Waals surface area contributed by atoms with Gasteiger partial charge in [0.15, 0.2) is 0 Å². The van der Waals surface area contributed by atoms with Gasteiger partial charge in [-0.15, -0.1) is 11.6 Å². The average molecular weight is 193 g/mol. The predicted octanol–water partition coefficient (Wildman–Crippen LogP) is 3.54. The first-order valence-electron chi connectivity index (χ1n) is 4.56. The Morgan fingerprint density at radius 1 is 1.55 bits per heavy atom. The number of hydrogen-bond donors (Lipinski definition) is 0. The first-order valence-corrected chi connectivity index (χ1v) is 6.15. The molecule has 0 aromatic rings. The number of hydrogen-bond acceptors (Lipinski definition) is 1. The predicted molar refractivity (Wildman–Crippen MR) is 54.6 cm³/mol. The quantitative estimate of drug-likeness (QED) is 0.458. The Morgan fingerprint density at radius 3 is 2.82 bits per heavy atom. The second-order valence-corrected chi connectivity index (χ2v) is 5.15. The Bertz CT molecular complexity index is 102. The third-order valence-electron chi connectivity index (χ3n) is 2.11. The molecule has 11 heavy (non-hydrogen) atoms. The molecule has 1 aliphatic carbocycles. The summed E-state index contributed by atoms with van der Waals surface area (Å²) in [5.41, 5.74) is 0. The largest absolute Gasteiger partial charge is 0.162 e. The maximum Gasteiger partial charge on any atom is 0.0364 e. The van der Waals surface area contributed by atoms with Crippen molar-refractivity contribution in [1.29, 1.82) is 0 Å². The van der Waals surface area contributed by atoms with E-state index in [4.69, 9.17) is 11.6 Å². The fraction of sp³-hybridized carbons (Fsp3) is 1.00. The van der Waals surface area contributed by atoms with Crippen molar-refractivity contribution in [3.8, 4) is 0 Å². The lowest BCUT2D eigenvalue weighted by molar-refractivity contribution is 0.668. The second kappa shape index (κ2) is 5.31. The summed E-state index contributed by atoms with van der Waals surface area (Å²) >= 11 is 8.17. The van der Waals surface area contributed by atoms with E-state index >= 15 is 0 Å². The molecule has 1 atom stereocenters. The van der Waals surface area contributed by atoms with E-state index in [1.54, 1.807) is 0 Å². The minimum atomic E-state index is 0.493. The molecule has 0 spiro atoms. The van der Waals surface area contributed by atoms with Crippen molar-refractivity contribution in [2.75, 3.05) is 11.5 Å². The maximum absolute atomic E-state index is 6.15. The Labute approximate surface area is 79.1 Å². The Hall–Kier alpha value is 0.640. The third kappa shape index (κ3) is 4.27. The lowest BCUT2D eigenvalue weighted by Gasteiger charge is -2.05. The summed E-state index contributed by atoms with van der Waals surface area (Å²) in [6.07, 6.45) is 5.31. The molecule has 0 radical (unpaired) electrons. The molecule has 0 aromatic carbocycles. The molecule has 1 unspecified atom stereocenters. The number of alkyl halides is 1. The van der Waals surface area contributed by atoms with E-state index in [0.29, 0.717) is 5.38 Å². The molecule has 0 aliphatic heterocycles. The van der Waals surface area contributed by atoms with Crippen LogP contribution in [0, 0.1) is 5.92 Å². The molecule has 0 nitrogen and oxygen atoms in total. The highest BCUT2D eigenvalue weighted by molar-refractivity contribution is 7.99. The van der Waals surface area contributed by atoms with Crippen molar-refractivity contribution >= 4 is 23.4 Å². The summed E-state index contributed by atoms with van der Waals surface area (Å²) < 4.78 is 0. The molecule has 0 bridgehead atoms. The molecule has 0 saturated heterocycles. The molecule has 1 aliphatic rings.